The molecule has 1 heterocycles. The van der Waals surface area contributed by atoms with Crippen molar-refractivity contribution < 1.29 is 9.59 Å². The van der Waals surface area contributed by atoms with E-state index in [-0.39, 0.29) is 30.3 Å². The van der Waals surface area contributed by atoms with Crippen molar-refractivity contribution in [2.45, 2.75) is 58.7 Å². The van der Waals surface area contributed by atoms with E-state index in [1.807, 2.05) is 44.2 Å². The van der Waals surface area contributed by atoms with Gasteiger partial charge in [-0.3, -0.25) is 9.59 Å². The zero-order chi connectivity index (χ0) is 22.7. The molecule has 5 nitrogen and oxygen atoms in total. The van der Waals surface area contributed by atoms with Crippen LogP contribution in [0.15, 0.2) is 42.5 Å². The zero-order valence-electron chi connectivity index (χ0n) is 18.4. The highest BCUT2D eigenvalue weighted by atomic mass is 35.5. The lowest BCUT2D eigenvalue weighted by atomic mass is 10.1. The highest BCUT2D eigenvalue weighted by Crippen LogP contribution is 2.35. The Morgan fingerprint density at radius 1 is 1.06 bits per heavy atom. The Kier molecular flexibility index (Phi) is 7.50. The summed E-state index contributed by atoms with van der Waals surface area (Å²) in [7, 11) is 0. The van der Waals surface area contributed by atoms with Gasteiger partial charge in [-0.15, -0.1) is 0 Å². The molecule has 1 aliphatic heterocycles. The Balaban J connectivity index is 1.80. The van der Waals surface area contributed by atoms with Gasteiger partial charge in [0.05, 0.1) is 11.4 Å². The summed E-state index contributed by atoms with van der Waals surface area (Å²) in [5, 5.41) is 4.07. The van der Waals surface area contributed by atoms with Gasteiger partial charge >= 0.3 is 0 Å². The Labute approximate surface area is 194 Å². The number of nitrogens with zero attached hydrogens (tertiary/aromatic N) is 2. The molecule has 0 saturated carbocycles. The van der Waals surface area contributed by atoms with Gasteiger partial charge in [0, 0.05) is 35.1 Å². The minimum atomic E-state index is -0.634. The van der Waals surface area contributed by atoms with Crippen LogP contribution in [0.2, 0.25) is 10.0 Å². The molecular formula is C24H29Cl2N3O2. The van der Waals surface area contributed by atoms with Gasteiger partial charge in [-0.2, -0.15) is 0 Å². The van der Waals surface area contributed by atoms with Gasteiger partial charge in [0.15, 0.2) is 0 Å². The van der Waals surface area contributed by atoms with Crippen LogP contribution in [-0.4, -0.2) is 36.5 Å². The second-order valence-corrected chi connectivity index (χ2v) is 9.24. The summed E-state index contributed by atoms with van der Waals surface area (Å²) in [6.07, 6.45) is 0.714. The second-order valence-electron chi connectivity index (χ2n) is 8.39. The van der Waals surface area contributed by atoms with Gasteiger partial charge in [0.25, 0.3) is 5.91 Å². The first-order chi connectivity index (χ1) is 14.7. The molecule has 0 radical (unpaired) electrons. The van der Waals surface area contributed by atoms with Crippen LogP contribution in [0.25, 0.3) is 0 Å². The Morgan fingerprint density at radius 3 is 2.35 bits per heavy atom. The minimum Gasteiger partial charge on any atom is -0.365 e. The fourth-order valence-electron chi connectivity index (χ4n) is 3.94. The number of fused-ring (bicyclic) bond motifs is 1. The summed E-state index contributed by atoms with van der Waals surface area (Å²) < 4.78 is 0. The Hall–Kier alpha value is -2.24. The maximum Gasteiger partial charge on any atom is 0.251 e. The second kappa shape index (κ2) is 9.92. The van der Waals surface area contributed by atoms with E-state index >= 15 is 0 Å². The highest BCUT2D eigenvalue weighted by Gasteiger charge is 2.36. The number of rotatable bonds is 6. The van der Waals surface area contributed by atoms with Crippen LogP contribution >= 0.6 is 23.2 Å². The topological polar surface area (TPSA) is 52.7 Å². The lowest BCUT2D eigenvalue weighted by Crippen LogP contribution is -2.54. The summed E-state index contributed by atoms with van der Waals surface area (Å²) >= 11 is 12.2. The Morgan fingerprint density at radius 2 is 1.74 bits per heavy atom. The van der Waals surface area contributed by atoms with Gasteiger partial charge in [0.2, 0.25) is 5.91 Å². The van der Waals surface area contributed by atoms with Crippen LogP contribution in [0.4, 0.5) is 11.4 Å². The molecule has 1 unspecified atom stereocenters. The fraction of sp³-hybridized carbons (Fsp3) is 0.417. The lowest BCUT2D eigenvalue weighted by Gasteiger charge is -2.31. The first-order valence-electron chi connectivity index (χ1n) is 10.6. The zero-order valence-corrected chi connectivity index (χ0v) is 19.9. The summed E-state index contributed by atoms with van der Waals surface area (Å²) in [5.41, 5.74) is 2.73. The van der Waals surface area contributed by atoms with E-state index in [9.17, 15) is 9.59 Å². The molecule has 7 heteroatoms. The normalized spacial score (nSPS) is 16.5. The lowest BCUT2D eigenvalue weighted by molar-refractivity contribution is -0.127. The number of aryl methyl sites for hydroxylation is 1. The van der Waals surface area contributed by atoms with Crippen LogP contribution in [0, 0.1) is 0 Å². The van der Waals surface area contributed by atoms with Crippen molar-refractivity contribution in [3.8, 4) is 0 Å². The van der Waals surface area contributed by atoms with Gasteiger partial charge in [0.1, 0.15) is 6.04 Å². The molecule has 0 aliphatic carbocycles. The summed E-state index contributed by atoms with van der Waals surface area (Å²) in [6, 6.07) is 12.7. The molecule has 0 spiro atoms. The summed E-state index contributed by atoms with van der Waals surface area (Å²) in [5.74, 6) is -0.272. The fourth-order valence-corrected chi connectivity index (χ4v) is 4.44. The Bertz CT molecular complexity index is 962. The van der Waals surface area contributed by atoms with Crippen molar-refractivity contribution in [2.24, 2.45) is 0 Å². The highest BCUT2D eigenvalue weighted by molar-refractivity contribution is 6.35. The third-order valence-corrected chi connectivity index (χ3v) is 6.06. The molecule has 1 aliphatic rings. The van der Waals surface area contributed by atoms with Crippen molar-refractivity contribution >= 4 is 46.4 Å². The van der Waals surface area contributed by atoms with Crippen LogP contribution in [0.1, 0.15) is 39.7 Å². The molecule has 2 aromatic rings. The number of halogens is 2. The SMILES string of the molecule is CC(C)N1CC(NC(=O)CCc2ccc(Cl)cc2Cl)C(=O)N(C(C)C)c2ccccc21. The minimum absolute atomic E-state index is 0.0342. The predicted molar refractivity (Wildman–Crippen MR) is 128 cm³/mol. The van der Waals surface area contributed by atoms with E-state index in [1.54, 1.807) is 17.0 Å². The van der Waals surface area contributed by atoms with Gasteiger partial charge < -0.3 is 15.1 Å². The van der Waals surface area contributed by atoms with Crippen molar-refractivity contribution in [1.29, 1.82) is 0 Å². The van der Waals surface area contributed by atoms with E-state index in [0.29, 0.717) is 23.0 Å². The number of carbonyl (C=O) groups excluding carboxylic acids is 2. The average molecular weight is 462 g/mol. The predicted octanol–water partition coefficient (Wildman–Crippen LogP) is 5.08. The summed E-state index contributed by atoms with van der Waals surface area (Å²) in [6.45, 7) is 8.58. The molecular weight excluding hydrogens is 433 g/mol. The van der Waals surface area contributed by atoms with Crippen LogP contribution in [-0.2, 0) is 16.0 Å². The molecule has 0 aromatic heterocycles. The molecule has 0 bridgehead atoms. The van der Waals surface area contributed by atoms with Crippen LogP contribution in [0.3, 0.4) is 0 Å². The first kappa shape index (κ1) is 23.4. The quantitative estimate of drug-likeness (QED) is 0.652. The molecule has 0 fully saturated rings. The van der Waals surface area contributed by atoms with Crippen molar-refractivity contribution in [1.82, 2.24) is 5.32 Å². The number of amides is 2. The van der Waals surface area contributed by atoms with Gasteiger partial charge in [-0.05, 0) is 63.9 Å². The third kappa shape index (κ3) is 5.34. The number of anilines is 2. The van der Waals surface area contributed by atoms with Crippen molar-refractivity contribution in [2.75, 3.05) is 16.3 Å². The molecule has 2 aromatic carbocycles. The number of para-hydroxylation sites is 2. The number of benzene rings is 2. The maximum absolute atomic E-state index is 13.5. The van der Waals surface area contributed by atoms with E-state index in [0.717, 1.165) is 16.9 Å². The standard InChI is InChI=1S/C24H29Cl2N3O2/c1-15(2)28-14-20(24(31)29(16(3)4)22-8-6-5-7-21(22)28)27-23(30)12-10-17-9-11-18(25)13-19(17)26/h5-9,11,13,15-16,20H,10,12,14H2,1-4H3,(H,27,30). The smallest absolute Gasteiger partial charge is 0.251 e. The molecule has 166 valence electrons. The monoisotopic (exact) mass is 461 g/mol. The van der Waals surface area contributed by atoms with E-state index in [1.165, 1.54) is 0 Å². The number of hydrogen-bond donors (Lipinski definition) is 1. The van der Waals surface area contributed by atoms with Gasteiger partial charge in [-0.25, -0.2) is 0 Å². The maximum atomic E-state index is 13.5. The largest absolute Gasteiger partial charge is 0.365 e. The molecule has 0 saturated heterocycles. The van der Waals surface area contributed by atoms with Crippen LogP contribution in [0.5, 0.6) is 0 Å². The molecule has 1 N–H and O–H groups in total. The number of hydrogen-bond acceptors (Lipinski definition) is 3. The average Bonchev–Trinajstić information content (AvgIpc) is 2.82. The van der Waals surface area contributed by atoms with E-state index in [4.69, 9.17) is 23.2 Å². The first-order valence-corrected chi connectivity index (χ1v) is 11.4. The van der Waals surface area contributed by atoms with Crippen LogP contribution < -0.4 is 15.1 Å². The van der Waals surface area contributed by atoms with E-state index in [2.05, 4.69) is 24.1 Å². The third-order valence-electron chi connectivity index (χ3n) is 5.48. The molecule has 3 rings (SSSR count). The molecule has 1 atom stereocenters. The van der Waals surface area contributed by atoms with E-state index < -0.39 is 6.04 Å². The molecule has 31 heavy (non-hydrogen) atoms. The number of carbonyl (C=O) groups is 2. The van der Waals surface area contributed by atoms with Crippen molar-refractivity contribution in [3.63, 3.8) is 0 Å². The molecule has 2 amide bonds. The van der Waals surface area contributed by atoms with Gasteiger partial charge in [-0.1, -0.05) is 41.4 Å². The summed E-state index contributed by atoms with van der Waals surface area (Å²) in [4.78, 5) is 30.2. The number of nitrogens with one attached hydrogen (secondary N) is 1. The van der Waals surface area contributed by atoms with Crippen molar-refractivity contribution in [3.05, 3.63) is 58.1 Å².